The maximum absolute atomic E-state index is 14.6. The Morgan fingerprint density at radius 2 is 1.55 bits per heavy atom. The predicted molar refractivity (Wildman–Crippen MR) is 182 cm³/mol. The van der Waals surface area contributed by atoms with Crippen molar-refractivity contribution in [1.82, 2.24) is 10.2 Å². The first kappa shape index (κ1) is 37.2. The molecule has 0 unspecified atom stereocenters. The summed E-state index contributed by atoms with van der Waals surface area (Å²) in [5.41, 5.74) is 13.9. The molecule has 0 radical (unpaired) electrons. The summed E-state index contributed by atoms with van der Waals surface area (Å²) in [5.74, 6) is -1.47. The Balaban J connectivity index is 1.83. The topological polar surface area (TPSA) is 137 Å². The van der Waals surface area contributed by atoms with Crippen molar-refractivity contribution in [3.05, 3.63) is 100 Å². The van der Waals surface area contributed by atoms with Crippen LogP contribution in [0.15, 0.2) is 66.7 Å². The molecule has 0 bridgehead atoms. The summed E-state index contributed by atoms with van der Waals surface area (Å²) in [7, 11) is 0. The lowest BCUT2D eigenvalue weighted by Crippen LogP contribution is -2.46. The highest BCUT2D eigenvalue weighted by molar-refractivity contribution is 6.03. The lowest BCUT2D eigenvalue weighted by molar-refractivity contribution is 0.0238. The highest BCUT2D eigenvalue weighted by atomic mass is 19.1. The molecule has 2 atom stereocenters. The molecule has 0 heterocycles. The number of amides is 2. The standard InChI is InChI=1S/C37H49FN4O5/c1-5-14-42(15-6-2)36(44)29-19-28(35(40)43)20-30(21-29)37(45)47-34(23-41-13-12-25(3)4)33(39)18-27-16-31(38)22-32(17-27)46-24-26-10-8-7-9-11-26/h7-11,16-17,19-22,25,33-34,41H,5-6,12-15,18,23-24,39H2,1-4H3,(H2,40,43)/t33-,34+/m0/s1. The molecule has 3 aromatic carbocycles. The molecule has 3 aromatic rings. The van der Waals surface area contributed by atoms with Crippen LogP contribution in [-0.2, 0) is 17.8 Å². The number of primary amides is 1. The van der Waals surface area contributed by atoms with E-state index in [0.717, 1.165) is 24.8 Å². The van der Waals surface area contributed by atoms with Crippen LogP contribution in [-0.4, -0.2) is 61.0 Å². The number of carbonyl (C=O) groups excluding carboxylic acids is 3. The van der Waals surface area contributed by atoms with Gasteiger partial charge in [0.15, 0.2) is 0 Å². The van der Waals surface area contributed by atoms with Crippen molar-refractivity contribution >= 4 is 17.8 Å². The Morgan fingerprint density at radius 3 is 2.19 bits per heavy atom. The first-order chi connectivity index (χ1) is 22.5. The van der Waals surface area contributed by atoms with E-state index in [-0.39, 0.29) is 42.2 Å². The summed E-state index contributed by atoms with van der Waals surface area (Å²) in [4.78, 5) is 40.8. The van der Waals surface area contributed by atoms with Crippen LogP contribution < -0.4 is 21.5 Å². The number of rotatable bonds is 19. The molecule has 254 valence electrons. The van der Waals surface area contributed by atoms with Crippen molar-refractivity contribution in [2.45, 2.75) is 72.1 Å². The molecule has 0 aliphatic rings. The molecule has 0 aromatic heterocycles. The number of halogens is 1. The monoisotopic (exact) mass is 648 g/mol. The minimum absolute atomic E-state index is 0.0133. The second-order valence-electron chi connectivity index (χ2n) is 12.2. The molecule has 0 aliphatic carbocycles. The number of nitrogens with zero attached hydrogens (tertiary/aromatic N) is 1. The minimum atomic E-state index is -0.820. The van der Waals surface area contributed by atoms with Crippen molar-refractivity contribution in [3.8, 4) is 5.75 Å². The second-order valence-corrected chi connectivity index (χ2v) is 12.2. The van der Waals surface area contributed by atoms with Gasteiger partial charge in [-0.15, -0.1) is 0 Å². The third-order valence-electron chi connectivity index (χ3n) is 7.61. The third kappa shape index (κ3) is 12.1. The molecule has 0 spiro atoms. The van der Waals surface area contributed by atoms with E-state index in [1.807, 2.05) is 44.2 Å². The first-order valence-electron chi connectivity index (χ1n) is 16.4. The molecule has 9 nitrogen and oxygen atoms in total. The van der Waals surface area contributed by atoms with Crippen LogP contribution in [0, 0.1) is 11.7 Å². The lowest BCUT2D eigenvalue weighted by Gasteiger charge is -2.26. The Morgan fingerprint density at radius 1 is 0.894 bits per heavy atom. The number of hydrogen-bond donors (Lipinski definition) is 3. The number of hydrogen-bond acceptors (Lipinski definition) is 7. The average molecular weight is 649 g/mol. The van der Waals surface area contributed by atoms with Crippen molar-refractivity contribution in [3.63, 3.8) is 0 Å². The summed E-state index contributed by atoms with van der Waals surface area (Å²) in [6, 6.07) is 17.4. The Labute approximate surface area is 277 Å². The van der Waals surface area contributed by atoms with Gasteiger partial charge in [-0.3, -0.25) is 9.59 Å². The molecule has 5 N–H and O–H groups in total. The zero-order valence-electron chi connectivity index (χ0n) is 28.0. The van der Waals surface area contributed by atoms with E-state index in [4.69, 9.17) is 20.9 Å². The van der Waals surface area contributed by atoms with E-state index >= 15 is 0 Å². The average Bonchev–Trinajstić information content (AvgIpc) is 3.04. The minimum Gasteiger partial charge on any atom is -0.489 e. The van der Waals surface area contributed by atoms with Crippen LogP contribution in [0.1, 0.15) is 89.2 Å². The zero-order chi connectivity index (χ0) is 34.3. The third-order valence-corrected chi connectivity index (χ3v) is 7.61. The SMILES string of the molecule is CCCN(CCC)C(=O)c1cc(C(N)=O)cc(C(=O)O[C@H](CNCCC(C)C)[C@@H](N)Cc2cc(F)cc(OCc3ccccc3)c2)c1. The van der Waals surface area contributed by atoms with E-state index in [9.17, 15) is 18.8 Å². The molecule has 0 saturated carbocycles. The lowest BCUT2D eigenvalue weighted by atomic mass is 10.0. The Kier molecular flexibility index (Phi) is 14.8. The zero-order valence-corrected chi connectivity index (χ0v) is 28.0. The molecule has 3 rings (SSSR count). The molecular formula is C37H49FN4O5. The van der Waals surface area contributed by atoms with Crippen molar-refractivity contribution in [2.75, 3.05) is 26.2 Å². The van der Waals surface area contributed by atoms with E-state index < -0.39 is 29.8 Å². The van der Waals surface area contributed by atoms with Gasteiger partial charge in [0.1, 0.15) is 24.3 Å². The fourth-order valence-electron chi connectivity index (χ4n) is 5.14. The van der Waals surface area contributed by atoms with Gasteiger partial charge in [0.05, 0.1) is 5.56 Å². The number of nitrogens with one attached hydrogen (secondary N) is 1. The van der Waals surface area contributed by atoms with Crippen LogP contribution in [0.3, 0.4) is 0 Å². The fourth-order valence-corrected chi connectivity index (χ4v) is 5.14. The Hall–Kier alpha value is -4.28. The van der Waals surface area contributed by atoms with Crippen molar-refractivity contribution in [1.29, 1.82) is 0 Å². The molecule has 2 amide bonds. The predicted octanol–water partition coefficient (Wildman–Crippen LogP) is 5.50. The maximum Gasteiger partial charge on any atom is 0.338 e. The van der Waals surface area contributed by atoms with E-state index in [1.54, 1.807) is 11.0 Å². The molecule has 10 heteroatoms. The fraction of sp³-hybridized carbons (Fsp3) is 0.432. The summed E-state index contributed by atoms with van der Waals surface area (Å²) in [6.45, 7) is 10.4. The van der Waals surface area contributed by atoms with Crippen molar-refractivity contribution < 1.29 is 28.2 Å². The van der Waals surface area contributed by atoms with Gasteiger partial charge in [-0.25, -0.2) is 9.18 Å². The number of carbonyl (C=O) groups is 3. The van der Waals surface area contributed by atoms with Gasteiger partial charge < -0.3 is 31.2 Å². The number of esters is 1. The van der Waals surface area contributed by atoms with Gasteiger partial charge in [0.25, 0.3) is 5.91 Å². The maximum atomic E-state index is 14.6. The second kappa shape index (κ2) is 18.8. The van der Waals surface area contributed by atoms with Gasteiger partial charge >= 0.3 is 5.97 Å². The molecule has 0 aliphatic heterocycles. The Bertz CT molecular complexity index is 1460. The van der Waals surface area contributed by atoms with Gasteiger partial charge in [0, 0.05) is 42.9 Å². The number of benzene rings is 3. The summed E-state index contributed by atoms with van der Waals surface area (Å²) < 4.78 is 26.4. The summed E-state index contributed by atoms with van der Waals surface area (Å²) >= 11 is 0. The smallest absolute Gasteiger partial charge is 0.338 e. The van der Waals surface area contributed by atoms with E-state index in [1.165, 1.54) is 30.3 Å². The van der Waals surface area contributed by atoms with Crippen LogP contribution in [0.25, 0.3) is 0 Å². The number of nitrogens with two attached hydrogens (primary N) is 2. The van der Waals surface area contributed by atoms with Gasteiger partial charge in [-0.05, 0) is 79.6 Å². The quantitative estimate of drug-likeness (QED) is 0.115. The van der Waals surface area contributed by atoms with Crippen LogP contribution in [0.4, 0.5) is 4.39 Å². The van der Waals surface area contributed by atoms with Crippen LogP contribution >= 0.6 is 0 Å². The first-order valence-corrected chi connectivity index (χ1v) is 16.4. The van der Waals surface area contributed by atoms with E-state index in [2.05, 4.69) is 19.2 Å². The van der Waals surface area contributed by atoms with Gasteiger partial charge in [-0.1, -0.05) is 58.0 Å². The molecule has 0 saturated heterocycles. The highest BCUT2D eigenvalue weighted by Crippen LogP contribution is 2.21. The molecule has 47 heavy (non-hydrogen) atoms. The van der Waals surface area contributed by atoms with Gasteiger partial charge in [0.2, 0.25) is 5.91 Å². The number of ether oxygens (including phenoxy) is 2. The normalized spacial score (nSPS) is 12.4. The van der Waals surface area contributed by atoms with Gasteiger partial charge in [-0.2, -0.15) is 0 Å². The molecule has 0 fully saturated rings. The molecular weight excluding hydrogens is 599 g/mol. The summed E-state index contributed by atoms with van der Waals surface area (Å²) in [6.07, 6.45) is 1.79. The van der Waals surface area contributed by atoms with Crippen molar-refractivity contribution in [2.24, 2.45) is 17.4 Å². The van der Waals surface area contributed by atoms with Crippen LogP contribution in [0.2, 0.25) is 0 Å². The summed E-state index contributed by atoms with van der Waals surface area (Å²) in [5, 5.41) is 3.31. The highest BCUT2D eigenvalue weighted by Gasteiger charge is 2.26. The van der Waals surface area contributed by atoms with Crippen LogP contribution in [0.5, 0.6) is 5.75 Å². The van der Waals surface area contributed by atoms with E-state index in [0.29, 0.717) is 36.9 Å². The largest absolute Gasteiger partial charge is 0.489 e.